The zero-order chi connectivity index (χ0) is 13.9. The summed E-state index contributed by atoms with van der Waals surface area (Å²) >= 11 is 0. The Morgan fingerprint density at radius 1 is 1.50 bits per heavy atom. The minimum atomic E-state index is -5.03. The number of anilines is 1. The molecule has 1 aromatic carbocycles. The van der Waals surface area contributed by atoms with Crippen LogP contribution in [0.4, 0.5) is 24.5 Å². The number of halogens is 3. The molecule has 0 atom stereocenters. The number of rotatable bonds is 3. The topological polar surface area (TPSA) is 90.8 Å². The SMILES string of the molecule is CN=Cc1cc([N+](=O)[O-])c(OC(F)(F)F)cc1N. The van der Waals surface area contributed by atoms with Crippen molar-refractivity contribution in [2.75, 3.05) is 12.8 Å². The number of hydrogen-bond donors (Lipinski definition) is 1. The first-order valence-electron chi connectivity index (χ1n) is 4.50. The molecule has 1 rings (SSSR count). The maximum Gasteiger partial charge on any atom is 0.573 e. The third kappa shape index (κ3) is 3.34. The smallest absolute Gasteiger partial charge is 0.398 e. The van der Waals surface area contributed by atoms with Gasteiger partial charge in [-0.1, -0.05) is 0 Å². The van der Waals surface area contributed by atoms with Crippen LogP contribution in [0, 0.1) is 10.1 Å². The molecule has 2 N–H and O–H groups in total. The highest BCUT2D eigenvalue weighted by Crippen LogP contribution is 2.35. The molecule has 0 amide bonds. The van der Waals surface area contributed by atoms with Gasteiger partial charge in [-0.3, -0.25) is 15.1 Å². The zero-order valence-electron chi connectivity index (χ0n) is 9.06. The highest BCUT2D eigenvalue weighted by atomic mass is 19.4. The molecule has 0 bridgehead atoms. The molecule has 0 radical (unpaired) electrons. The highest BCUT2D eigenvalue weighted by molar-refractivity contribution is 5.89. The highest BCUT2D eigenvalue weighted by Gasteiger charge is 2.34. The van der Waals surface area contributed by atoms with E-state index in [9.17, 15) is 23.3 Å². The van der Waals surface area contributed by atoms with Gasteiger partial charge in [-0.25, -0.2) is 0 Å². The number of benzene rings is 1. The molecule has 9 heteroatoms. The number of nitrogens with two attached hydrogens (primary N) is 1. The van der Waals surface area contributed by atoms with Gasteiger partial charge >= 0.3 is 12.0 Å². The molecule has 6 nitrogen and oxygen atoms in total. The molecule has 0 heterocycles. The number of aliphatic imine (C=N–C) groups is 1. The first-order chi connectivity index (χ1) is 8.24. The molecule has 18 heavy (non-hydrogen) atoms. The van der Waals surface area contributed by atoms with Crippen LogP contribution in [0.15, 0.2) is 17.1 Å². The summed E-state index contributed by atoms with van der Waals surface area (Å²) in [5.74, 6) is -0.960. The fourth-order valence-corrected chi connectivity index (χ4v) is 1.20. The number of ether oxygens (including phenoxy) is 1. The molecule has 0 aliphatic heterocycles. The van der Waals surface area contributed by atoms with E-state index in [0.717, 1.165) is 12.1 Å². The van der Waals surface area contributed by atoms with Crippen molar-refractivity contribution >= 4 is 17.6 Å². The number of hydrogen-bond acceptors (Lipinski definition) is 5. The molecule has 0 aromatic heterocycles. The van der Waals surface area contributed by atoms with Gasteiger partial charge < -0.3 is 10.5 Å². The summed E-state index contributed by atoms with van der Waals surface area (Å²) < 4.78 is 39.7. The van der Waals surface area contributed by atoms with Gasteiger partial charge in [0.1, 0.15) is 0 Å². The molecule has 0 spiro atoms. The number of nitro groups is 1. The molecule has 0 unspecified atom stereocenters. The van der Waals surface area contributed by atoms with Crippen molar-refractivity contribution in [2.24, 2.45) is 4.99 Å². The van der Waals surface area contributed by atoms with E-state index in [1.54, 1.807) is 0 Å². The van der Waals surface area contributed by atoms with Crippen LogP contribution in [-0.2, 0) is 0 Å². The van der Waals surface area contributed by atoms with Gasteiger partial charge in [-0.15, -0.1) is 13.2 Å². The Kier molecular flexibility index (Phi) is 3.74. The van der Waals surface area contributed by atoms with E-state index >= 15 is 0 Å². The van der Waals surface area contributed by atoms with Crippen LogP contribution >= 0.6 is 0 Å². The summed E-state index contributed by atoms with van der Waals surface area (Å²) in [6.45, 7) is 0. The molecule has 98 valence electrons. The van der Waals surface area contributed by atoms with Crippen molar-refractivity contribution < 1.29 is 22.8 Å². The lowest BCUT2D eigenvalue weighted by atomic mass is 10.1. The molecule has 0 saturated carbocycles. The van der Waals surface area contributed by atoms with Crippen LogP contribution in [0.25, 0.3) is 0 Å². The van der Waals surface area contributed by atoms with Crippen LogP contribution in [0.3, 0.4) is 0 Å². The summed E-state index contributed by atoms with van der Waals surface area (Å²) in [5.41, 5.74) is 4.63. The lowest BCUT2D eigenvalue weighted by Gasteiger charge is -2.10. The second kappa shape index (κ2) is 4.90. The molecular formula is C9H8F3N3O3. The Morgan fingerprint density at radius 3 is 2.56 bits per heavy atom. The first-order valence-corrected chi connectivity index (χ1v) is 4.50. The average Bonchev–Trinajstić information content (AvgIpc) is 2.19. The molecule has 0 saturated heterocycles. The molecule has 0 fully saturated rings. The lowest BCUT2D eigenvalue weighted by molar-refractivity contribution is -0.388. The van der Waals surface area contributed by atoms with E-state index in [2.05, 4.69) is 9.73 Å². The molecule has 0 aliphatic rings. The van der Waals surface area contributed by atoms with Gasteiger partial charge in [0.25, 0.3) is 0 Å². The van der Waals surface area contributed by atoms with Crippen LogP contribution in [0.2, 0.25) is 0 Å². The largest absolute Gasteiger partial charge is 0.573 e. The van der Waals surface area contributed by atoms with Gasteiger partial charge in [0.05, 0.1) is 4.92 Å². The Bertz CT molecular complexity index is 500. The van der Waals surface area contributed by atoms with Crippen LogP contribution in [0.1, 0.15) is 5.56 Å². The minimum absolute atomic E-state index is 0.106. The number of nitrogen functional groups attached to an aromatic ring is 1. The van der Waals surface area contributed by atoms with Crippen LogP contribution < -0.4 is 10.5 Å². The van der Waals surface area contributed by atoms with E-state index in [-0.39, 0.29) is 11.3 Å². The van der Waals surface area contributed by atoms with Gasteiger partial charge in [0.15, 0.2) is 0 Å². The van der Waals surface area contributed by atoms with Gasteiger partial charge in [0, 0.05) is 36.6 Å². The summed E-state index contributed by atoms with van der Waals surface area (Å²) in [6.07, 6.45) is -3.84. The molecule has 1 aromatic rings. The Morgan fingerprint density at radius 2 is 2.11 bits per heavy atom. The first kappa shape index (κ1) is 13.7. The fourth-order valence-electron chi connectivity index (χ4n) is 1.20. The van der Waals surface area contributed by atoms with E-state index in [1.165, 1.54) is 13.3 Å². The summed E-state index contributed by atoms with van der Waals surface area (Å²) in [7, 11) is 1.39. The second-order valence-electron chi connectivity index (χ2n) is 3.14. The predicted octanol–water partition coefficient (Wildman–Crippen LogP) is 2.12. The quantitative estimate of drug-likeness (QED) is 0.391. The summed E-state index contributed by atoms with van der Waals surface area (Å²) in [5, 5.41) is 10.6. The third-order valence-electron chi connectivity index (χ3n) is 1.86. The Balaban J connectivity index is 3.33. The van der Waals surface area contributed by atoms with Crippen LogP contribution in [-0.4, -0.2) is 24.5 Å². The average molecular weight is 263 g/mol. The van der Waals surface area contributed by atoms with Crippen molar-refractivity contribution in [2.45, 2.75) is 6.36 Å². The summed E-state index contributed by atoms with van der Waals surface area (Å²) in [4.78, 5) is 13.2. The molecular weight excluding hydrogens is 255 g/mol. The van der Waals surface area contributed by atoms with Crippen molar-refractivity contribution in [3.05, 3.63) is 27.8 Å². The van der Waals surface area contributed by atoms with E-state index < -0.39 is 22.7 Å². The summed E-state index contributed by atoms with van der Waals surface area (Å²) in [6, 6.07) is 1.60. The monoisotopic (exact) mass is 263 g/mol. The normalized spacial score (nSPS) is 11.8. The van der Waals surface area contributed by atoms with Gasteiger partial charge in [-0.2, -0.15) is 0 Å². The number of alkyl halides is 3. The number of nitrogens with zero attached hydrogens (tertiary/aromatic N) is 2. The van der Waals surface area contributed by atoms with E-state index in [1.807, 2.05) is 0 Å². The van der Waals surface area contributed by atoms with E-state index in [4.69, 9.17) is 5.73 Å². The van der Waals surface area contributed by atoms with Crippen molar-refractivity contribution in [3.63, 3.8) is 0 Å². The number of nitro benzene ring substituents is 1. The predicted molar refractivity (Wildman–Crippen MR) is 57.7 cm³/mol. The van der Waals surface area contributed by atoms with Crippen molar-refractivity contribution in [1.82, 2.24) is 0 Å². The second-order valence-corrected chi connectivity index (χ2v) is 3.14. The molecule has 0 aliphatic carbocycles. The maximum absolute atomic E-state index is 12.1. The minimum Gasteiger partial charge on any atom is -0.398 e. The van der Waals surface area contributed by atoms with Crippen molar-refractivity contribution in [1.29, 1.82) is 0 Å². The van der Waals surface area contributed by atoms with Crippen molar-refractivity contribution in [3.8, 4) is 5.75 Å². The Hall–Kier alpha value is -2.32. The van der Waals surface area contributed by atoms with Crippen LogP contribution in [0.5, 0.6) is 5.75 Å². The van der Waals surface area contributed by atoms with Gasteiger partial charge in [0.2, 0.25) is 5.75 Å². The van der Waals surface area contributed by atoms with E-state index in [0.29, 0.717) is 0 Å². The lowest BCUT2D eigenvalue weighted by Crippen LogP contribution is -2.18. The third-order valence-corrected chi connectivity index (χ3v) is 1.86. The Labute approximate surface area is 99.0 Å². The zero-order valence-corrected chi connectivity index (χ0v) is 9.06. The standard InChI is InChI=1S/C9H8F3N3O3/c1-14-4-5-2-7(15(16)17)8(3-6(5)13)18-9(10,11)12/h2-4H,13H2,1H3. The maximum atomic E-state index is 12.1. The fraction of sp³-hybridized carbons (Fsp3) is 0.222. The van der Waals surface area contributed by atoms with Gasteiger partial charge in [-0.05, 0) is 0 Å².